The Bertz CT molecular complexity index is 769. The van der Waals surface area contributed by atoms with Crippen LogP contribution in [0.4, 0.5) is 0 Å². The number of rotatable bonds is 8. The van der Waals surface area contributed by atoms with Crippen LogP contribution in [0.15, 0.2) is 42.7 Å². The van der Waals surface area contributed by atoms with E-state index in [1.807, 2.05) is 43.1 Å². The lowest BCUT2D eigenvalue weighted by molar-refractivity contribution is 0.0690. The van der Waals surface area contributed by atoms with Crippen LogP contribution in [-0.4, -0.2) is 49.1 Å². The van der Waals surface area contributed by atoms with Crippen molar-refractivity contribution in [2.24, 2.45) is 5.92 Å². The van der Waals surface area contributed by atoms with Crippen LogP contribution >= 0.6 is 24.8 Å². The topological polar surface area (TPSA) is 63.7 Å². The summed E-state index contributed by atoms with van der Waals surface area (Å²) in [6.07, 6.45) is 5.58. The van der Waals surface area contributed by atoms with E-state index >= 15 is 0 Å². The highest BCUT2D eigenvalue weighted by Crippen LogP contribution is 2.30. The maximum Gasteiger partial charge on any atom is 0.253 e. The molecule has 30 heavy (non-hydrogen) atoms. The molecule has 1 aliphatic rings. The zero-order valence-electron chi connectivity index (χ0n) is 17.5. The second kappa shape index (κ2) is 13.3. The summed E-state index contributed by atoms with van der Waals surface area (Å²) in [5, 5.41) is 3.23. The average Bonchev–Trinajstić information content (AvgIpc) is 2.74. The third kappa shape index (κ3) is 7.04. The maximum absolute atomic E-state index is 12.9. The van der Waals surface area contributed by atoms with Crippen LogP contribution in [0.2, 0.25) is 0 Å². The monoisotopic (exact) mass is 455 g/mol. The Morgan fingerprint density at radius 1 is 1.17 bits per heavy atom. The number of likely N-dealkylation sites (tertiary alicyclic amines) is 1. The van der Waals surface area contributed by atoms with E-state index in [9.17, 15) is 4.79 Å². The number of nitrogens with zero attached hydrogens (tertiary/aromatic N) is 2. The lowest BCUT2D eigenvalue weighted by Gasteiger charge is -2.32. The van der Waals surface area contributed by atoms with Crippen molar-refractivity contribution in [3.05, 3.63) is 53.9 Å². The van der Waals surface area contributed by atoms with Crippen molar-refractivity contribution in [2.75, 3.05) is 33.3 Å². The van der Waals surface area contributed by atoms with E-state index in [-0.39, 0.29) is 30.7 Å². The van der Waals surface area contributed by atoms with Gasteiger partial charge in [0.15, 0.2) is 11.5 Å². The highest BCUT2D eigenvalue weighted by molar-refractivity contribution is 5.95. The molecule has 0 radical (unpaired) electrons. The molecular weight excluding hydrogens is 425 g/mol. The molecule has 2 heterocycles. The van der Waals surface area contributed by atoms with Gasteiger partial charge in [0.25, 0.3) is 5.91 Å². The number of aromatic nitrogens is 1. The van der Waals surface area contributed by atoms with Crippen molar-refractivity contribution in [3.8, 4) is 11.5 Å². The fraction of sp³-hybridized carbons (Fsp3) is 0.455. The van der Waals surface area contributed by atoms with Gasteiger partial charge in [-0.25, -0.2) is 0 Å². The Labute approximate surface area is 191 Å². The fourth-order valence-corrected chi connectivity index (χ4v) is 3.48. The summed E-state index contributed by atoms with van der Waals surface area (Å²) >= 11 is 0. The predicted octanol–water partition coefficient (Wildman–Crippen LogP) is 3.97. The molecule has 0 unspecified atom stereocenters. The summed E-state index contributed by atoms with van der Waals surface area (Å²) in [5.41, 5.74) is 1.62. The molecule has 1 amide bonds. The van der Waals surface area contributed by atoms with E-state index in [0.29, 0.717) is 36.2 Å². The number of benzene rings is 1. The van der Waals surface area contributed by atoms with E-state index < -0.39 is 0 Å². The highest BCUT2D eigenvalue weighted by Gasteiger charge is 2.24. The minimum Gasteiger partial charge on any atom is -0.490 e. The third-order valence-electron chi connectivity index (χ3n) is 5.00. The van der Waals surface area contributed by atoms with Gasteiger partial charge >= 0.3 is 0 Å². The minimum absolute atomic E-state index is 0. The first kappa shape index (κ1) is 26.0. The van der Waals surface area contributed by atoms with Crippen molar-refractivity contribution in [1.29, 1.82) is 0 Å². The Balaban J connectivity index is 0.00000225. The maximum atomic E-state index is 12.9. The first-order chi connectivity index (χ1) is 13.7. The van der Waals surface area contributed by atoms with Crippen molar-refractivity contribution in [1.82, 2.24) is 15.2 Å². The van der Waals surface area contributed by atoms with Crippen LogP contribution in [-0.2, 0) is 6.61 Å². The number of amides is 1. The molecule has 1 aromatic carbocycles. The lowest BCUT2D eigenvalue weighted by atomic mass is 9.96. The molecule has 2 aromatic rings. The number of hydrogen-bond donors (Lipinski definition) is 1. The smallest absolute Gasteiger partial charge is 0.253 e. The summed E-state index contributed by atoms with van der Waals surface area (Å²) in [5.74, 6) is 1.94. The number of carbonyl (C=O) groups excluding carboxylic acids is 1. The second-order valence-electron chi connectivity index (χ2n) is 7.04. The predicted molar refractivity (Wildman–Crippen MR) is 123 cm³/mol. The largest absolute Gasteiger partial charge is 0.490 e. The van der Waals surface area contributed by atoms with E-state index in [4.69, 9.17) is 9.47 Å². The van der Waals surface area contributed by atoms with E-state index in [1.165, 1.54) is 0 Å². The summed E-state index contributed by atoms with van der Waals surface area (Å²) < 4.78 is 11.6. The number of hydrogen-bond acceptors (Lipinski definition) is 5. The summed E-state index contributed by atoms with van der Waals surface area (Å²) in [7, 11) is 1.98. The number of piperidine rings is 1. The van der Waals surface area contributed by atoms with E-state index in [1.54, 1.807) is 18.5 Å². The number of carbonyl (C=O) groups is 1. The first-order valence-electron chi connectivity index (χ1n) is 9.93. The normalized spacial score (nSPS) is 13.7. The third-order valence-corrected chi connectivity index (χ3v) is 5.00. The van der Waals surface area contributed by atoms with Gasteiger partial charge in [0.1, 0.15) is 6.61 Å². The molecule has 8 heteroatoms. The Kier molecular flexibility index (Phi) is 11.5. The van der Waals surface area contributed by atoms with Gasteiger partial charge in [-0.3, -0.25) is 9.78 Å². The molecule has 1 N–H and O–H groups in total. The summed E-state index contributed by atoms with van der Waals surface area (Å²) in [6, 6.07) is 9.28. The molecular formula is C22H31Cl2N3O3. The highest BCUT2D eigenvalue weighted by atomic mass is 35.5. The number of pyridine rings is 1. The van der Waals surface area contributed by atoms with Gasteiger partial charge in [0.2, 0.25) is 0 Å². The van der Waals surface area contributed by atoms with Crippen molar-refractivity contribution in [3.63, 3.8) is 0 Å². The van der Waals surface area contributed by atoms with Crippen LogP contribution in [0.5, 0.6) is 11.5 Å². The van der Waals surface area contributed by atoms with Crippen LogP contribution < -0.4 is 14.8 Å². The second-order valence-corrected chi connectivity index (χ2v) is 7.04. The van der Waals surface area contributed by atoms with Gasteiger partial charge in [0, 0.05) is 36.6 Å². The summed E-state index contributed by atoms with van der Waals surface area (Å²) in [6.45, 7) is 5.45. The molecule has 1 aliphatic heterocycles. The molecule has 166 valence electrons. The Morgan fingerprint density at radius 2 is 1.93 bits per heavy atom. The molecule has 0 saturated carbocycles. The Hall–Kier alpha value is -2.02. The van der Waals surface area contributed by atoms with Gasteiger partial charge in [-0.1, -0.05) is 6.07 Å². The Morgan fingerprint density at radius 3 is 2.57 bits per heavy atom. The number of halogens is 2. The van der Waals surface area contributed by atoms with Crippen LogP contribution in [0.3, 0.4) is 0 Å². The SMILES string of the molecule is CCOc1cc(C(=O)N2CCC(CNC)CC2)ccc1OCc1cccnc1.Cl.Cl. The molecule has 1 saturated heterocycles. The van der Waals surface area contributed by atoms with Crippen molar-refractivity contribution < 1.29 is 14.3 Å². The first-order valence-corrected chi connectivity index (χ1v) is 9.93. The molecule has 0 aliphatic carbocycles. The molecule has 0 spiro atoms. The molecule has 3 rings (SSSR count). The molecule has 1 aromatic heterocycles. The number of nitrogens with one attached hydrogen (secondary N) is 1. The van der Waals surface area contributed by atoms with Gasteiger partial charge in [-0.15, -0.1) is 24.8 Å². The number of ether oxygens (including phenoxy) is 2. The lowest BCUT2D eigenvalue weighted by Crippen LogP contribution is -2.40. The summed E-state index contributed by atoms with van der Waals surface area (Å²) in [4.78, 5) is 19.0. The average molecular weight is 456 g/mol. The van der Waals surface area contributed by atoms with Gasteiger partial charge in [0.05, 0.1) is 6.61 Å². The van der Waals surface area contributed by atoms with Gasteiger partial charge < -0.3 is 19.7 Å². The van der Waals surface area contributed by atoms with E-state index in [2.05, 4.69) is 10.3 Å². The van der Waals surface area contributed by atoms with Crippen molar-refractivity contribution in [2.45, 2.75) is 26.4 Å². The zero-order valence-corrected chi connectivity index (χ0v) is 19.1. The minimum atomic E-state index is 0. The van der Waals surface area contributed by atoms with E-state index in [0.717, 1.165) is 38.0 Å². The van der Waals surface area contributed by atoms with Crippen LogP contribution in [0.25, 0.3) is 0 Å². The standard InChI is InChI=1S/C22H29N3O3.2ClH/c1-3-27-21-13-19(22(26)25-11-8-17(9-12-25)14-23-2)6-7-20(21)28-16-18-5-4-10-24-15-18;;/h4-7,10,13,15,17,23H,3,8-9,11-12,14,16H2,1-2H3;2*1H. The van der Waals surface area contributed by atoms with Gasteiger partial charge in [-0.05, 0) is 63.5 Å². The van der Waals surface area contributed by atoms with Crippen molar-refractivity contribution >= 4 is 30.7 Å². The van der Waals surface area contributed by atoms with Gasteiger partial charge in [-0.2, -0.15) is 0 Å². The fourth-order valence-electron chi connectivity index (χ4n) is 3.48. The van der Waals surface area contributed by atoms with Crippen LogP contribution in [0.1, 0.15) is 35.7 Å². The molecule has 6 nitrogen and oxygen atoms in total. The molecule has 0 bridgehead atoms. The zero-order chi connectivity index (χ0) is 19.8. The van der Waals surface area contributed by atoms with Crippen LogP contribution in [0, 0.1) is 5.92 Å². The molecule has 1 fully saturated rings. The quantitative estimate of drug-likeness (QED) is 0.651. The molecule has 0 atom stereocenters.